The van der Waals surface area contributed by atoms with Crippen LogP contribution in [0.5, 0.6) is 0 Å². The van der Waals surface area contributed by atoms with E-state index in [1.54, 1.807) is 23.5 Å². The number of hydrogen-bond donors (Lipinski definition) is 1. The smallest absolute Gasteiger partial charge is 0.251 e. The second-order valence-electron chi connectivity index (χ2n) is 6.38. The Kier molecular flexibility index (Phi) is 5.74. The van der Waals surface area contributed by atoms with Gasteiger partial charge in [0.1, 0.15) is 0 Å². The molecule has 0 radical (unpaired) electrons. The number of carbonyl (C=O) groups excluding carboxylic acids is 1. The summed E-state index contributed by atoms with van der Waals surface area (Å²) < 4.78 is 26.5. The van der Waals surface area contributed by atoms with Gasteiger partial charge in [-0.05, 0) is 51.0 Å². The second kappa shape index (κ2) is 7.85. The molecule has 0 aliphatic carbocycles. The van der Waals surface area contributed by atoms with Crippen molar-refractivity contribution in [2.24, 2.45) is 0 Å². The molecule has 1 aromatic heterocycles. The van der Waals surface area contributed by atoms with E-state index in [1.165, 1.54) is 21.3 Å². The molecule has 1 aliphatic heterocycles. The van der Waals surface area contributed by atoms with Crippen LogP contribution in [0.3, 0.4) is 0 Å². The van der Waals surface area contributed by atoms with Crippen molar-refractivity contribution in [3.63, 3.8) is 0 Å². The Morgan fingerprint density at radius 3 is 2.42 bits per heavy atom. The van der Waals surface area contributed by atoms with E-state index in [0.29, 0.717) is 25.2 Å². The molecule has 140 valence electrons. The number of aromatic nitrogens is 1. The number of hydrogen-bond acceptors (Lipinski definition) is 5. The zero-order valence-electron chi connectivity index (χ0n) is 15.0. The normalized spacial score (nSPS) is 15.3. The van der Waals surface area contributed by atoms with Gasteiger partial charge in [-0.1, -0.05) is 0 Å². The number of nitrogens with zero attached hydrogens (tertiary/aromatic N) is 2. The predicted molar refractivity (Wildman–Crippen MR) is 102 cm³/mol. The molecule has 2 heterocycles. The summed E-state index contributed by atoms with van der Waals surface area (Å²) in [4.78, 5) is 18.1. The maximum Gasteiger partial charge on any atom is 0.251 e. The van der Waals surface area contributed by atoms with E-state index < -0.39 is 10.0 Å². The molecule has 0 bridgehead atoms. The van der Waals surface area contributed by atoms with Gasteiger partial charge in [0, 0.05) is 36.5 Å². The van der Waals surface area contributed by atoms with Crippen LogP contribution in [0.2, 0.25) is 0 Å². The topological polar surface area (TPSA) is 79.4 Å². The van der Waals surface area contributed by atoms with E-state index in [9.17, 15) is 13.2 Å². The Hall–Kier alpha value is -1.77. The minimum absolute atomic E-state index is 0.200. The number of carbonyl (C=O) groups is 1. The predicted octanol–water partition coefficient (Wildman–Crippen LogP) is 2.52. The average molecular weight is 394 g/mol. The van der Waals surface area contributed by atoms with Crippen LogP contribution >= 0.6 is 11.3 Å². The Labute approximate surface area is 158 Å². The van der Waals surface area contributed by atoms with Crippen molar-refractivity contribution in [2.45, 2.75) is 38.0 Å². The number of thiazole rings is 1. The van der Waals surface area contributed by atoms with E-state index in [2.05, 4.69) is 10.3 Å². The lowest BCUT2D eigenvalue weighted by Crippen LogP contribution is -2.28. The highest BCUT2D eigenvalue weighted by molar-refractivity contribution is 7.89. The Bertz CT molecular complexity index is 883. The molecule has 1 saturated heterocycles. The minimum atomic E-state index is -3.44. The molecule has 0 unspecified atom stereocenters. The van der Waals surface area contributed by atoms with Crippen molar-refractivity contribution in [3.8, 4) is 0 Å². The standard InChI is InChI=1S/C18H23N3O3S2/c1-13-17(25-14(2)20-13)9-10-19-18(22)15-5-7-16(8-6-15)26(23,24)21-11-3-4-12-21/h5-8H,3-4,9-12H2,1-2H3,(H,19,22). The largest absolute Gasteiger partial charge is 0.352 e. The van der Waals surface area contributed by atoms with Gasteiger partial charge in [0.2, 0.25) is 10.0 Å². The van der Waals surface area contributed by atoms with Crippen LogP contribution in [0.1, 0.15) is 38.8 Å². The highest BCUT2D eigenvalue weighted by Crippen LogP contribution is 2.21. The Morgan fingerprint density at radius 2 is 1.85 bits per heavy atom. The summed E-state index contributed by atoms with van der Waals surface area (Å²) in [5.74, 6) is -0.200. The third kappa shape index (κ3) is 4.13. The third-order valence-corrected chi connectivity index (χ3v) is 7.50. The van der Waals surface area contributed by atoms with Crippen LogP contribution in [0, 0.1) is 13.8 Å². The minimum Gasteiger partial charge on any atom is -0.352 e. The number of amides is 1. The Morgan fingerprint density at radius 1 is 1.19 bits per heavy atom. The number of benzene rings is 1. The first kappa shape index (κ1) is 19.0. The van der Waals surface area contributed by atoms with E-state index in [1.807, 2.05) is 13.8 Å². The quantitative estimate of drug-likeness (QED) is 0.818. The summed E-state index contributed by atoms with van der Waals surface area (Å²) >= 11 is 1.64. The van der Waals surface area contributed by atoms with E-state index >= 15 is 0 Å². The molecule has 3 rings (SSSR count). The molecule has 1 fully saturated rings. The molecule has 2 aromatic rings. The van der Waals surface area contributed by atoms with Crippen molar-refractivity contribution < 1.29 is 13.2 Å². The molecule has 1 aromatic carbocycles. The molecule has 26 heavy (non-hydrogen) atoms. The van der Waals surface area contributed by atoms with Crippen molar-refractivity contribution in [1.29, 1.82) is 0 Å². The SMILES string of the molecule is Cc1nc(C)c(CCNC(=O)c2ccc(S(=O)(=O)N3CCCC3)cc2)s1. The Balaban J connectivity index is 1.59. The molecular formula is C18H23N3O3S2. The molecule has 6 nitrogen and oxygen atoms in total. The summed E-state index contributed by atoms with van der Waals surface area (Å²) in [6, 6.07) is 6.17. The van der Waals surface area contributed by atoms with E-state index in [0.717, 1.165) is 30.0 Å². The fourth-order valence-corrected chi connectivity index (χ4v) is 5.51. The van der Waals surface area contributed by atoms with Gasteiger partial charge in [-0.25, -0.2) is 13.4 Å². The lowest BCUT2D eigenvalue weighted by Gasteiger charge is -2.15. The first-order valence-corrected chi connectivity index (χ1v) is 10.9. The van der Waals surface area contributed by atoms with Gasteiger partial charge in [0.05, 0.1) is 15.6 Å². The third-order valence-electron chi connectivity index (χ3n) is 4.46. The van der Waals surface area contributed by atoms with E-state index in [-0.39, 0.29) is 10.8 Å². The number of rotatable bonds is 6. The summed E-state index contributed by atoms with van der Waals surface area (Å²) in [6.45, 7) is 5.61. The van der Waals surface area contributed by atoms with Gasteiger partial charge >= 0.3 is 0 Å². The second-order valence-corrected chi connectivity index (χ2v) is 9.61. The van der Waals surface area contributed by atoms with Crippen LogP contribution in [0.15, 0.2) is 29.2 Å². The maximum absolute atomic E-state index is 12.5. The molecule has 0 atom stereocenters. The summed E-state index contributed by atoms with van der Waals surface area (Å²) in [5.41, 5.74) is 1.47. The zero-order valence-corrected chi connectivity index (χ0v) is 16.6. The van der Waals surface area contributed by atoms with Crippen molar-refractivity contribution in [2.75, 3.05) is 19.6 Å². The van der Waals surface area contributed by atoms with Crippen LogP contribution in [-0.2, 0) is 16.4 Å². The van der Waals surface area contributed by atoms with Crippen molar-refractivity contribution >= 4 is 27.3 Å². The molecular weight excluding hydrogens is 370 g/mol. The lowest BCUT2D eigenvalue weighted by atomic mass is 10.2. The molecule has 1 amide bonds. The molecule has 0 spiro atoms. The fourth-order valence-electron chi connectivity index (χ4n) is 3.05. The number of aryl methyl sites for hydroxylation is 2. The monoisotopic (exact) mass is 393 g/mol. The highest BCUT2D eigenvalue weighted by atomic mass is 32.2. The average Bonchev–Trinajstić information content (AvgIpc) is 3.25. The summed E-state index contributed by atoms with van der Waals surface area (Å²) in [5, 5.41) is 3.90. The fraction of sp³-hybridized carbons (Fsp3) is 0.444. The first-order valence-electron chi connectivity index (χ1n) is 8.69. The van der Waals surface area contributed by atoms with Gasteiger partial charge in [0.15, 0.2) is 0 Å². The van der Waals surface area contributed by atoms with Gasteiger partial charge in [0.25, 0.3) is 5.91 Å². The van der Waals surface area contributed by atoms with Gasteiger partial charge in [-0.2, -0.15) is 4.31 Å². The van der Waals surface area contributed by atoms with Crippen molar-refractivity contribution in [3.05, 3.63) is 45.4 Å². The van der Waals surface area contributed by atoms with Crippen LogP contribution in [0.4, 0.5) is 0 Å². The molecule has 1 N–H and O–H groups in total. The van der Waals surface area contributed by atoms with Crippen LogP contribution < -0.4 is 5.32 Å². The van der Waals surface area contributed by atoms with Crippen LogP contribution in [0.25, 0.3) is 0 Å². The van der Waals surface area contributed by atoms with Gasteiger partial charge in [-0.15, -0.1) is 11.3 Å². The number of sulfonamides is 1. The highest BCUT2D eigenvalue weighted by Gasteiger charge is 2.27. The van der Waals surface area contributed by atoms with Crippen molar-refractivity contribution in [1.82, 2.24) is 14.6 Å². The maximum atomic E-state index is 12.5. The summed E-state index contributed by atoms with van der Waals surface area (Å²) in [6.07, 6.45) is 2.54. The number of nitrogens with one attached hydrogen (secondary N) is 1. The first-order chi connectivity index (χ1) is 12.4. The summed E-state index contributed by atoms with van der Waals surface area (Å²) in [7, 11) is -3.44. The molecule has 8 heteroatoms. The zero-order chi connectivity index (χ0) is 18.7. The lowest BCUT2D eigenvalue weighted by molar-refractivity contribution is 0.0954. The van der Waals surface area contributed by atoms with Crippen LogP contribution in [-0.4, -0.2) is 43.2 Å². The van der Waals surface area contributed by atoms with E-state index in [4.69, 9.17) is 0 Å². The van der Waals surface area contributed by atoms with Gasteiger partial charge in [-0.3, -0.25) is 4.79 Å². The molecule has 0 saturated carbocycles. The van der Waals surface area contributed by atoms with Gasteiger partial charge < -0.3 is 5.32 Å². The molecule has 1 aliphatic rings.